The van der Waals surface area contributed by atoms with Gasteiger partial charge in [-0.1, -0.05) is 6.07 Å². The minimum absolute atomic E-state index is 0.373. The lowest BCUT2D eigenvalue weighted by atomic mass is 10.1. The average Bonchev–Trinajstić information content (AvgIpc) is 2.37. The van der Waals surface area contributed by atoms with Gasteiger partial charge in [-0.3, -0.25) is 10.1 Å². The van der Waals surface area contributed by atoms with Crippen molar-refractivity contribution in [3.63, 3.8) is 0 Å². The number of anilines is 1. The van der Waals surface area contributed by atoms with E-state index in [1.165, 1.54) is 12.1 Å². The van der Waals surface area contributed by atoms with Crippen LogP contribution in [-0.4, -0.2) is 31.2 Å². The monoisotopic (exact) mass is 252 g/mol. The van der Waals surface area contributed by atoms with Gasteiger partial charge in [-0.25, -0.2) is 4.39 Å². The molecule has 0 spiro atoms. The molecular weight excluding hydrogens is 239 g/mol. The average molecular weight is 252 g/mol. The molecule has 6 heteroatoms. The van der Waals surface area contributed by atoms with Gasteiger partial charge in [0.1, 0.15) is 5.82 Å². The van der Waals surface area contributed by atoms with Gasteiger partial charge >= 0.3 is 0 Å². The van der Waals surface area contributed by atoms with E-state index in [0.717, 1.165) is 6.20 Å². The minimum Gasteiger partial charge on any atom is -0.378 e. The highest BCUT2D eigenvalue weighted by Crippen LogP contribution is 2.22. The van der Waals surface area contributed by atoms with Crippen molar-refractivity contribution in [2.24, 2.45) is 0 Å². The van der Waals surface area contributed by atoms with E-state index in [9.17, 15) is 14.5 Å². The molecular formula is C12H13FN2O3. The van der Waals surface area contributed by atoms with Crippen molar-refractivity contribution < 1.29 is 14.1 Å². The Kier molecular flexibility index (Phi) is 3.88. The molecule has 1 saturated heterocycles. The lowest BCUT2D eigenvalue weighted by molar-refractivity contribution is -0.400. The van der Waals surface area contributed by atoms with Gasteiger partial charge in [-0.2, -0.15) is 0 Å². The molecule has 5 nitrogen and oxygen atoms in total. The molecule has 1 fully saturated rings. The molecule has 18 heavy (non-hydrogen) atoms. The first-order valence-electron chi connectivity index (χ1n) is 5.61. The Morgan fingerprint density at radius 3 is 2.72 bits per heavy atom. The fraction of sp³-hybridized carbons (Fsp3) is 0.333. The van der Waals surface area contributed by atoms with Gasteiger partial charge in [-0.05, 0) is 17.7 Å². The van der Waals surface area contributed by atoms with Crippen molar-refractivity contribution in [1.29, 1.82) is 0 Å². The highest BCUT2D eigenvalue weighted by molar-refractivity contribution is 5.56. The molecule has 0 amide bonds. The lowest BCUT2D eigenvalue weighted by Crippen LogP contribution is -2.36. The van der Waals surface area contributed by atoms with Crippen molar-refractivity contribution in [3.05, 3.63) is 45.9 Å². The Bertz CT molecular complexity index is 470. The number of morpholine rings is 1. The zero-order valence-corrected chi connectivity index (χ0v) is 9.71. The molecule has 1 aliphatic heterocycles. The van der Waals surface area contributed by atoms with Crippen molar-refractivity contribution in [2.45, 2.75) is 0 Å². The first-order chi connectivity index (χ1) is 8.66. The van der Waals surface area contributed by atoms with Crippen molar-refractivity contribution in [2.75, 3.05) is 31.2 Å². The summed E-state index contributed by atoms with van der Waals surface area (Å²) in [5.74, 6) is -0.373. The van der Waals surface area contributed by atoms with Crippen LogP contribution in [0.2, 0.25) is 0 Å². The van der Waals surface area contributed by atoms with Crippen molar-refractivity contribution >= 4 is 11.8 Å². The summed E-state index contributed by atoms with van der Waals surface area (Å²) in [7, 11) is 0. The molecule has 0 aliphatic carbocycles. The van der Waals surface area contributed by atoms with Crippen LogP contribution >= 0.6 is 0 Å². The van der Waals surface area contributed by atoms with Gasteiger partial charge in [0.05, 0.1) is 23.8 Å². The number of ether oxygens (including phenoxy) is 1. The van der Waals surface area contributed by atoms with Crippen LogP contribution < -0.4 is 4.90 Å². The SMILES string of the molecule is O=[N+]([O-])/C=C/c1ccc(N2CCOCC2)c(F)c1. The summed E-state index contributed by atoms with van der Waals surface area (Å²) in [6, 6.07) is 4.60. The topological polar surface area (TPSA) is 55.6 Å². The maximum atomic E-state index is 13.9. The first kappa shape index (κ1) is 12.5. The lowest BCUT2D eigenvalue weighted by Gasteiger charge is -2.29. The molecule has 0 bridgehead atoms. The van der Waals surface area contributed by atoms with Crippen LogP contribution in [0.1, 0.15) is 5.56 Å². The van der Waals surface area contributed by atoms with E-state index in [0.29, 0.717) is 37.6 Å². The normalized spacial score (nSPS) is 16.2. The molecule has 0 N–H and O–H groups in total. The van der Waals surface area contributed by atoms with Crippen molar-refractivity contribution in [1.82, 2.24) is 0 Å². The third-order valence-electron chi connectivity index (χ3n) is 2.71. The van der Waals surface area contributed by atoms with Crippen LogP contribution in [0, 0.1) is 15.9 Å². The predicted molar refractivity (Wildman–Crippen MR) is 65.5 cm³/mol. The second-order valence-electron chi connectivity index (χ2n) is 3.91. The summed E-state index contributed by atoms with van der Waals surface area (Å²) < 4.78 is 19.1. The van der Waals surface area contributed by atoms with Gasteiger partial charge in [0.15, 0.2) is 0 Å². The fourth-order valence-electron chi connectivity index (χ4n) is 1.83. The Hall–Kier alpha value is -1.95. The number of nitro groups is 1. The Labute approximate surface area is 104 Å². The Morgan fingerprint density at radius 1 is 1.39 bits per heavy atom. The summed E-state index contributed by atoms with van der Waals surface area (Å²) in [5, 5.41) is 10.2. The van der Waals surface area contributed by atoms with Crippen LogP contribution in [0.3, 0.4) is 0 Å². The van der Waals surface area contributed by atoms with Crippen LogP contribution in [-0.2, 0) is 4.74 Å². The second-order valence-corrected chi connectivity index (χ2v) is 3.91. The maximum Gasteiger partial charge on any atom is 0.235 e. The van der Waals surface area contributed by atoms with E-state index in [1.807, 2.05) is 4.90 Å². The van der Waals surface area contributed by atoms with Gasteiger partial charge < -0.3 is 9.64 Å². The summed E-state index contributed by atoms with van der Waals surface area (Å²) >= 11 is 0. The summed E-state index contributed by atoms with van der Waals surface area (Å²) in [4.78, 5) is 11.5. The molecule has 0 radical (unpaired) electrons. The largest absolute Gasteiger partial charge is 0.378 e. The van der Waals surface area contributed by atoms with E-state index in [1.54, 1.807) is 12.1 Å². The van der Waals surface area contributed by atoms with Crippen molar-refractivity contribution in [3.8, 4) is 0 Å². The minimum atomic E-state index is -0.576. The predicted octanol–water partition coefficient (Wildman–Crippen LogP) is 1.91. The second kappa shape index (κ2) is 5.59. The standard InChI is InChI=1S/C12H13FN2O3/c13-11-9-10(3-4-15(16)17)1-2-12(11)14-5-7-18-8-6-14/h1-4,9H,5-8H2/b4-3+. The molecule has 1 aliphatic rings. The number of rotatable bonds is 3. The number of hydrogen-bond acceptors (Lipinski definition) is 4. The van der Waals surface area contributed by atoms with E-state index >= 15 is 0 Å². The summed E-state index contributed by atoms with van der Waals surface area (Å²) in [5.41, 5.74) is 0.984. The highest BCUT2D eigenvalue weighted by atomic mass is 19.1. The Morgan fingerprint density at radius 2 is 2.11 bits per heavy atom. The first-order valence-corrected chi connectivity index (χ1v) is 5.61. The van der Waals surface area contributed by atoms with E-state index < -0.39 is 4.92 Å². The van der Waals surface area contributed by atoms with Gasteiger partial charge in [0.25, 0.3) is 0 Å². The maximum absolute atomic E-state index is 13.9. The zero-order valence-electron chi connectivity index (χ0n) is 9.71. The fourth-order valence-corrected chi connectivity index (χ4v) is 1.83. The van der Waals surface area contributed by atoms with E-state index in [2.05, 4.69) is 0 Å². The molecule has 0 saturated carbocycles. The third-order valence-corrected chi connectivity index (χ3v) is 2.71. The van der Waals surface area contributed by atoms with Gasteiger partial charge in [0.2, 0.25) is 6.20 Å². The van der Waals surface area contributed by atoms with Crippen LogP contribution in [0.15, 0.2) is 24.4 Å². The third kappa shape index (κ3) is 3.04. The Balaban J connectivity index is 2.16. The molecule has 0 atom stereocenters. The molecule has 1 heterocycles. The summed E-state index contributed by atoms with van der Waals surface area (Å²) in [6.07, 6.45) is 2.06. The van der Waals surface area contributed by atoms with E-state index in [-0.39, 0.29) is 5.82 Å². The van der Waals surface area contributed by atoms with Crippen LogP contribution in [0.25, 0.3) is 6.08 Å². The smallest absolute Gasteiger partial charge is 0.235 e. The van der Waals surface area contributed by atoms with Gasteiger partial charge in [-0.15, -0.1) is 0 Å². The van der Waals surface area contributed by atoms with Gasteiger partial charge in [0, 0.05) is 19.2 Å². The molecule has 96 valence electrons. The molecule has 0 aromatic heterocycles. The highest BCUT2D eigenvalue weighted by Gasteiger charge is 2.14. The quantitative estimate of drug-likeness (QED) is 0.609. The van der Waals surface area contributed by atoms with Crippen LogP contribution in [0.5, 0.6) is 0 Å². The molecule has 2 rings (SSSR count). The number of benzene rings is 1. The number of hydrogen-bond donors (Lipinski definition) is 0. The molecule has 0 unspecified atom stereocenters. The summed E-state index contributed by atoms with van der Waals surface area (Å²) in [6.45, 7) is 2.48. The molecule has 1 aromatic rings. The number of halogens is 1. The van der Waals surface area contributed by atoms with Crippen LogP contribution in [0.4, 0.5) is 10.1 Å². The van der Waals surface area contributed by atoms with E-state index in [4.69, 9.17) is 4.74 Å². The zero-order chi connectivity index (χ0) is 13.0. The number of nitrogens with zero attached hydrogens (tertiary/aromatic N) is 2. The molecule has 1 aromatic carbocycles.